The van der Waals surface area contributed by atoms with Gasteiger partial charge in [-0.3, -0.25) is 6.08 Å². The summed E-state index contributed by atoms with van der Waals surface area (Å²) in [7, 11) is 0. The van der Waals surface area contributed by atoms with Gasteiger partial charge in [-0.15, -0.1) is 71.0 Å². The summed E-state index contributed by atoms with van der Waals surface area (Å²) in [5.41, 5.74) is 8.25. The second kappa shape index (κ2) is 14.2. The van der Waals surface area contributed by atoms with Crippen LogP contribution in [0.5, 0.6) is 0 Å². The third-order valence-electron chi connectivity index (χ3n) is 5.24. The molecule has 1 unspecified atom stereocenters. The molecule has 0 aromatic heterocycles. The summed E-state index contributed by atoms with van der Waals surface area (Å²) in [5, 5.41) is 2.69. The molecular formula is C29H32Cl2SiZr. The molecule has 1 aliphatic rings. The Hall–Kier alpha value is -1.31. The van der Waals surface area contributed by atoms with Gasteiger partial charge >= 0.3 is 41.9 Å². The van der Waals surface area contributed by atoms with E-state index in [0.29, 0.717) is 5.92 Å². The van der Waals surface area contributed by atoms with E-state index in [4.69, 9.17) is 0 Å². The van der Waals surface area contributed by atoms with Gasteiger partial charge in [-0.25, -0.2) is 5.57 Å². The fraction of sp³-hybridized carbons (Fsp3) is 0.207. The largest absolute Gasteiger partial charge is 0.165 e. The topological polar surface area (TPSA) is 0 Å². The first-order chi connectivity index (χ1) is 14.9. The minimum atomic E-state index is 0. The molecule has 4 aromatic rings. The van der Waals surface area contributed by atoms with Crippen molar-refractivity contribution in [2.24, 2.45) is 0 Å². The second-order valence-electron chi connectivity index (χ2n) is 8.29. The number of aryl methyl sites for hydroxylation is 1. The van der Waals surface area contributed by atoms with Crippen molar-refractivity contribution in [3.8, 4) is 11.1 Å². The smallest absolute Gasteiger partial charge is 0.0279 e. The van der Waals surface area contributed by atoms with Crippen LogP contribution in [0.3, 0.4) is 0 Å². The summed E-state index contributed by atoms with van der Waals surface area (Å²) >= 11 is 1.74. The maximum Gasteiger partial charge on any atom is -0.0279 e. The zero-order valence-electron chi connectivity index (χ0n) is 20.0. The first-order valence-electron chi connectivity index (χ1n) is 10.8. The van der Waals surface area contributed by atoms with Gasteiger partial charge in [-0.05, 0) is 5.56 Å². The summed E-state index contributed by atoms with van der Waals surface area (Å²) in [6, 6.07) is 30.1. The van der Waals surface area contributed by atoms with E-state index in [2.05, 4.69) is 125 Å². The summed E-state index contributed by atoms with van der Waals surface area (Å²) in [5.74, 6) is 0.492. The molecule has 1 atom stereocenters. The summed E-state index contributed by atoms with van der Waals surface area (Å²) in [4.78, 5) is 0. The maximum atomic E-state index is 3.40. The van der Waals surface area contributed by atoms with Crippen molar-refractivity contribution in [1.29, 1.82) is 0 Å². The van der Waals surface area contributed by atoms with Gasteiger partial charge in [0.2, 0.25) is 0 Å². The maximum absolute atomic E-state index is 3.40. The SMILES string of the molecule is CC1=[C-]C(C)c2ccccc21.C[Si](C)=[Zr+2].Cc1cc2c(-c3ccccc3)cccc2[cH-]1.Cl.Cl. The number of halogens is 2. The zero-order valence-corrected chi connectivity index (χ0v) is 25.1. The molecule has 5 rings (SSSR count). The second-order valence-corrected chi connectivity index (χ2v) is 17.7. The average molecular weight is 571 g/mol. The van der Waals surface area contributed by atoms with Crippen LogP contribution in [0.2, 0.25) is 13.1 Å². The van der Waals surface area contributed by atoms with E-state index >= 15 is 0 Å². The Bertz CT molecular complexity index is 1200. The number of hydrogen-bond acceptors (Lipinski definition) is 0. The predicted molar refractivity (Wildman–Crippen MR) is 149 cm³/mol. The van der Waals surface area contributed by atoms with E-state index in [1.54, 1.807) is 23.3 Å². The molecule has 0 amide bonds. The van der Waals surface area contributed by atoms with Crippen molar-refractivity contribution >= 4 is 46.6 Å². The summed E-state index contributed by atoms with van der Waals surface area (Å²) in [6.07, 6.45) is 3.40. The Morgan fingerprint density at radius 1 is 0.818 bits per heavy atom. The van der Waals surface area contributed by atoms with E-state index < -0.39 is 0 Å². The van der Waals surface area contributed by atoms with Gasteiger partial charge in [-0.1, -0.05) is 86.8 Å². The van der Waals surface area contributed by atoms with Gasteiger partial charge in [0.05, 0.1) is 0 Å². The van der Waals surface area contributed by atoms with E-state index in [-0.39, 0.29) is 30.2 Å². The minimum Gasteiger partial charge on any atom is -0.165 e. The van der Waals surface area contributed by atoms with Crippen LogP contribution >= 0.6 is 24.8 Å². The molecule has 0 aliphatic heterocycles. The fourth-order valence-electron chi connectivity index (χ4n) is 3.95. The Morgan fingerprint density at radius 2 is 1.39 bits per heavy atom. The number of fused-ring (bicyclic) bond motifs is 2. The molecule has 0 saturated carbocycles. The van der Waals surface area contributed by atoms with Crippen LogP contribution in [0.4, 0.5) is 0 Å². The van der Waals surface area contributed by atoms with Crippen molar-refractivity contribution < 1.29 is 23.3 Å². The van der Waals surface area contributed by atoms with Gasteiger partial charge in [0.15, 0.2) is 0 Å². The normalized spacial score (nSPS) is 13.2. The zero-order chi connectivity index (χ0) is 22.4. The Labute approximate surface area is 227 Å². The van der Waals surface area contributed by atoms with Crippen LogP contribution in [0.15, 0.2) is 84.9 Å². The molecule has 1 aliphatic carbocycles. The van der Waals surface area contributed by atoms with Crippen LogP contribution in [0, 0.1) is 13.0 Å². The first-order valence-corrected chi connectivity index (χ1v) is 17.0. The Kier molecular flexibility index (Phi) is 12.8. The molecule has 0 bridgehead atoms. The minimum absolute atomic E-state index is 0. The third-order valence-corrected chi connectivity index (χ3v) is 5.24. The van der Waals surface area contributed by atoms with Crippen LogP contribution in [-0.4, -0.2) is 5.43 Å². The number of allylic oxidation sites excluding steroid dienone is 2. The van der Waals surface area contributed by atoms with Gasteiger partial charge in [0, 0.05) is 0 Å². The Morgan fingerprint density at radius 3 is 2.03 bits per heavy atom. The first kappa shape index (κ1) is 29.7. The van der Waals surface area contributed by atoms with Crippen LogP contribution in [-0.2, 0) is 23.3 Å². The average Bonchev–Trinajstić information content (AvgIpc) is 3.27. The molecule has 0 fully saturated rings. The van der Waals surface area contributed by atoms with Crippen LogP contribution < -0.4 is 0 Å². The molecule has 0 spiro atoms. The number of rotatable bonds is 1. The molecule has 4 heteroatoms. The molecule has 0 radical (unpaired) electrons. The Balaban J connectivity index is 0.000000282. The third kappa shape index (κ3) is 8.15. The fourth-order valence-corrected chi connectivity index (χ4v) is 3.95. The predicted octanol–water partition coefficient (Wildman–Crippen LogP) is 9.17. The van der Waals surface area contributed by atoms with Crippen molar-refractivity contribution in [1.82, 2.24) is 0 Å². The molecule has 0 heterocycles. The monoisotopic (exact) mass is 568 g/mol. The van der Waals surface area contributed by atoms with E-state index in [9.17, 15) is 0 Å². The quantitative estimate of drug-likeness (QED) is 0.158. The molecule has 170 valence electrons. The van der Waals surface area contributed by atoms with Crippen LogP contribution in [0.25, 0.3) is 27.5 Å². The molecular weight excluding hydrogens is 539 g/mol. The molecule has 0 saturated heterocycles. The van der Waals surface area contributed by atoms with Crippen molar-refractivity contribution in [3.05, 3.63) is 108 Å². The van der Waals surface area contributed by atoms with E-state index in [0.717, 1.165) is 0 Å². The van der Waals surface area contributed by atoms with Crippen LogP contribution in [0.1, 0.15) is 36.5 Å². The molecule has 0 N–H and O–H groups in total. The van der Waals surface area contributed by atoms with Crippen molar-refractivity contribution in [2.45, 2.75) is 39.8 Å². The van der Waals surface area contributed by atoms with Gasteiger partial charge in [0.25, 0.3) is 0 Å². The summed E-state index contributed by atoms with van der Waals surface area (Å²) < 4.78 is 0. The number of hydrogen-bond donors (Lipinski definition) is 0. The molecule has 4 aromatic carbocycles. The van der Waals surface area contributed by atoms with Gasteiger partial charge < -0.3 is 0 Å². The van der Waals surface area contributed by atoms with E-state index in [1.807, 2.05) is 0 Å². The standard InChI is InChI=1S/C16H13.C11H11.C2H6Si.2ClH.Zr/c1-12-10-14-8-5-9-15(16(14)11-12)13-6-3-2-4-7-13;1-8-7-9(2)11-6-4-3-5-10(8)11;1-3-2;;;/h2-11H,1H3;3-6,8H,1-2H3;1-2H3;2*1H;/q2*-1;;;;+2. The summed E-state index contributed by atoms with van der Waals surface area (Å²) in [6.45, 7) is 11.1. The van der Waals surface area contributed by atoms with Gasteiger partial charge in [-0.2, -0.15) is 11.6 Å². The molecule has 0 nitrogen and oxygen atoms in total. The number of benzene rings is 3. The van der Waals surface area contributed by atoms with Gasteiger partial charge in [0.1, 0.15) is 0 Å². The molecule has 33 heavy (non-hydrogen) atoms. The van der Waals surface area contributed by atoms with Crippen molar-refractivity contribution in [2.75, 3.05) is 0 Å². The van der Waals surface area contributed by atoms with Crippen molar-refractivity contribution in [3.63, 3.8) is 0 Å². The van der Waals surface area contributed by atoms with E-state index in [1.165, 1.54) is 44.2 Å².